The number of nitrogens with zero attached hydrogens (tertiary/aromatic N) is 2. The third kappa shape index (κ3) is 3.40. The van der Waals surface area contributed by atoms with Crippen molar-refractivity contribution < 1.29 is 9.18 Å². The Labute approximate surface area is 160 Å². The van der Waals surface area contributed by atoms with Gasteiger partial charge >= 0.3 is 0 Å². The van der Waals surface area contributed by atoms with Crippen molar-refractivity contribution in [3.05, 3.63) is 51.9 Å². The van der Waals surface area contributed by atoms with Crippen LogP contribution in [0.5, 0.6) is 0 Å². The molecule has 2 aromatic heterocycles. The van der Waals surface area contributed by atoms with Crippen molar-refractivity contribution in [3.63, 3.8) is 0 Å². The van der Waals surface area contributed by atoms with Gasteiger partial charge in [0.05, 0.1) is 5.75 Å². The third-order valence-corrected chi connectivity index (χ3v) is 6.86. The second-order valence-corrected chi connectivity index (χ2v) is 8.87. The largest absolute Gasteiger partial charge is 0.293 e. The van der Waals surface area contributed by atoms with Gasteiger partial charge in [0.25, 0.3) is 0 Å². The average molecular weight is 387 g/mol. The van der Waals surface area contributed by atoms with Gasteiger partial charge in [0.15, 0.2) is 5.78 Å². The highest BCUT2D eigenvalue weighted by molar-refractivity contribution is 8.00. The maximum absolute atomic E-state index is 13.0. The highest BCUT2D eigenvalue weighted by atomic mass is 32.2. The van der Waals surface area contributed by atoms with E-state index in [9.17, 15) is 9.18 Å². The second-order valence-electron chi connectivity index (χ2n) is 6.83. The molecule has 0 saturated carbocycles. The summed E-state index contributed by atoms with van der Waals surface area (Å²) in [6.07, 6.45) is 3.35. The fourth-order valence-electron chi connectivity index (χ4n) is 3.37. The van der Waals surface area contributed by atoms with Crippen LogP contribution >= 0.6 is 23.1 Å². The molecule has 0 N–H and O–H groups in total. The number of aromatic nitrogens is 2. The van der Waals surface area contributed by atoms with Gasteiger partial charge in [-0.05, 0) is 61.9 Å². The van der Waals surface area contributed by atoms with Crippen molar-refractivity contribution in [2.45, 2.75) is 38.1 Å². The van der Waals surface area contributed by atoms with Crippen LogP contribution < -0.4 is 0 Å². The molecule has 3 aromatic rings. The first-order valence-electron chi connectivity index (χ1n) is 8.71. The topological polar surface area (TPSA) is 42.9 Å². The van der Waals surface area contributed by atoms with Gasteiger partial charge in [-0.2, -0.15) is 0 Å². The molecule has 6 heteroatoms. The summed E-state index contributed by atoms with van der Waals surface area (Å²) >= 11 is 3.23. The van der Waals surface area contributed by atoms with E-state index in [1.54, 1.807) is 11.3 Å². The molecule has 134 valence electrons. The van der Waals surface area contributed by atoms with E-state index < -0.39 is 0 Å². The first-order chi connectivity index (χ1) is 12.5. The average Bonchev–Trinajstić information content (AvgIpc) is 2.96. The molecule has 2 heterocycles. The standard InChI is InChI=1S/C20H19FN2OS2/c1-11-3-8-15-17(9-11)26-20-18(15)19(22-12(2)23-20)25-10-16(24)13-4-6-14(21)7-5-13/h4-7,11H,3,8-10H2,1-2H3/t11-/m1/s1. The van der Waals surface area contributed by atoms with Gasteiger partial charge in [-0.3, -0.25) is 4.79 Å². The van der Waals surface area contributed by atoms with Gasteiger partial charge in [-0.25, -0.2) is 14.4 Å². The monoisotopic (exact) mass is 386 g/mol. The maximum Gasteiger partial charge on any atom is 0.173 e. The minimum atomic E-state index is -0.332. The quantitative estimate of drug-likeness (QED) is 0.349. The summed E-state index contributed by atoms with van der Waals surface area (Å²) in [7, 11) is 0. The Morgan fingerprint density at radius 2 is 2.08 bits per heavy atom. The molecule has 3 nitrogen and oxygen atoms in total. The SMILES string of the molecule is Cc1nc(SCC(=O)c2ccc(F)cc2)c2c3c(sc2n1)C[C@H](C)CC3. The van der Waals surface area contributed by atoms with E-state index in [0.717, 1.165) is 33.9 Å². The summed E-state index contributed by atoms with van der Waals surface area (Å²) in [6, 6.07) is 5.71. The van der Waals surface area contributed by atoms with E-state index in [1.165, 1.54) is 52.9 Å². The van der Waals surface area contributed by atoms with Crippen LogP contribution in [0.15, 0.2) is 29.3 Å². The molecular weight excluding hydrogens is 367 g/mol. The smallest absolute Gasteiger partial charge is 0.173 e. The number of carbonyl (C=O) groups is 1. The zero-order valence-electron chi connectivity index (χ0n) is 14.7. The van der Waals surface area contributed by atoms with Crippen molar-refractivity contribution in [2.24, 2.45) is 5.92 Å². The summed E-state index contributed by atoms with van der Waals surface area (Å²) in [4.78, 5) is 24.1. The molecule has 0 amide bonds. The first kappa shape index (κ1) is 17.6. The maximum atomic E-state index is 13.0. The second kappa shape index (κ2) is 7.08. The normalized spacial score (nSPS) is 16.7. The summed E-state index contributed by atoms with van der Waals surface area (Å²) in [5.74, 6) is 1.39. The van der Waals surface area contributed by atoms with Crippen molar-refractivity contribution in [1.82, 2.24) is 9.97 Å². The lowest BCUT2D eigenvalue weighted by Crippen LogP contribution is -2.09. The van der Waals surface area contributed by atoms with E-state index in [-0.39, 0.29) is 17.4 Å². The fourth-order valence-corrected chi connectivity index (χ4v) is 5.86. The summed E-state index contributed by atoms with van der Waals surface area (Å²) in [6.45, 7) is 4.19. The molecule has 0 radical (unpaired) electrons. The minimum Gasteiger partial charge on any atom is -0.293 e. The number of halogens is 1. The van der Waals surface area contributed by atoms with Crippen LogP contribution in [0, 0.1) is 18.7 Å². The van der Waals surface area contributed by atoms with Crippen LogP contribution in [-0.4, -0.2) is 21.5 Å². The highest BCUT2D eigenvalue weighted by Crippen LogP contribution is 2.40. The van der Waals surface area contributed by atoms with E-state index in [1.807, 2.05) is 6.92 Å². The van der Waals surface area contributed by atoms with Crippen LogP contribution in [0.25, 0.3) is 10.2 Å². The van der Waals surface area contributed by atoms with Crippen molar-refractivity contribution in [2.75, 3.05) is 5.75 Å². The van der Waals surface area contributed by atoms with Crippen LogP contribution in [0.3, 0.4) is 0 Å². The summed E-state index contributed by atoms with van der Waals surface area (Å²) in [5, 5.41) is 2.04. The predicted molar refractivity (Wildman–Crippen MR) is 105 cm³/mol. The van der Waals surface area contributed by atoms with E-state index >= 15 is 0 Å². The number of hydrogen-bond donors (Lipinski definition) is 0. The lowest BCUT2D eigenvalue weighted by molar-refractivity contribution is 0.102. The summed E-state index contributed by atoms with van der Waals surface area (Å²) < 4.78 is 13.0. The molecule has 1 aliphatic rings. The van der Waals surface area contributed by atoms with Gasteiger partial charge < -0.3 is 0 Å². The van der Waals surface area contributed by atoms with Crippen LogP contribution in [0.2, 0.25) is 0 Å². The number of ketones is 1. The molecule has 0 spiro atoms. The number of thiophene rings is 1. The Morgan fingerprint density at radius 3 is 2.85 bits per heavy atom. The van der Waals surface area contributed by atoms with Crippen LogP contribution in [0.1, 0.15) is 40.0 Å². The number of hydrogen-bond acceptors (Lipinski definition) is 5. The van der Waals surface area contributed by atoms with E-state index in [4.69, 9.17) is 0 Å². The fraction of sp³-hybridized carbons (Fsp3) is 0.350. The van der Waals surface area contributed by atoms with Gasteiger partial charge in [0.2, 0.25) is 0 Å². The molecule has 1 aliphatic carbocycles. The molecule has 1 atom stereocenters. The number of fused-ring (bicyclic) bond motifs is 3. The van der Waals surface area contributed by atoms with Gasteiger partial charge in [-0.1, -0.05) is 18.7 Å². The molecule has 0 saturated heterocycles. The lowest BCUT2D eigenvalue weighted by atomic mass is 9.89. The Bertz CT molecular complexity index is 982. The molecule has 0 fully saturated rings. The number of aryl methyl sites for hydroxylation is 2. The number of Topliss-reactive ketones (excluding diaryl/α,β-unsaturated/α-hetero) is 1. The number of thioether (sulfide) groups is 1. The minimum absolute atomic E-state index is 0.0165. The zero-order chi connectivity index (χ0) is 18.3. The van der Waals surface area contributed by atoms with E-state index in [0.29, 0.717) is 11.5 Å². The molecule has 0 aliphatic heterocycles. The number of carbonyl (C=O) groups excluding carboxylic acids is 1. The molecule has 4 rings (SSSR count). The molecule has 0 bridgehead atoms. The zero-order valence-corrected chi connectivity index (χ0v) is 16.3. The molecule has 0 unspecified atom stereocenters. The highest BCUT2D eigenvalue weighted by Gasteiger charge is 2.24. The third-order valence-electron chi connectivity index (χ3n) is 4.74. The number of benzene rings is 1. The Kier molecular flexibility index (Phi) is 4.80. The van der Waals surface area contributed by atoms with Gasteiger partial charge in [-0.15, -0.1) is 11.3 Å². The lowest BCUT2D eigenvalue weighted by Gasteiger charge is -2.18. The Morgan fingerprint density at radius 1 is 1.31 bits per heavy atom. The van der Waals surface area contributed by atoms with E-state index in [2.05, 4.69) is 16.9 Å². The van der Waals surface area contributed by atoms with Gasteiger partial charge in [0.1, 0.15) is 21.5 Å². The van der Waals surface area contributed by atoms with Crippen molar-refractivity contribution in [3.8, 4) is 0 Å². The molecular formula is C20H19FN2OS2. The number of rotatable bonds is 4. The van der Waals surface area contributed by atoms with Crippen LogP contribution in [0.4, 0.5) is 4.39 Å². The predicted octanol–water partition coefficient (Wildman–Crippen LogP) is 5.24. The molecule has 26 heavy (non-hydrogen) atoms. The van der Waals surface area contributed by atoms with Crippen molar-refractivity contribution >= 4 is 39.1 Å². The van der Waals surface area contributed by atoms with Crippen molar-refractivity contribution in [1.29, 1.82) is 0 Å². The van der Waals surface area contributed by atoms with Gasteiger partial charge in [0, 0.05) is 15.8 Å². The molecule has 1 aromatic carbocycles. The van der Waals surface area contributed by atoms with Crippen LogP contribution in [-0.2, 0) is 12.8 Å². The Balaban J connectivity index is 1.63. The summed E-state index contributed by atoms with van der Waals surface area (Å²) in [5.41, 5.74) is 1.90. The Hall–Kier alpha value is -1.79. The first-order valence-corrected chi connectivity index (χ1v) is 10.5.